The largest absolute Gasteiger partial charge is 0.329 e. The van der Waals surface area contributed by atoms with Crippen LogP contribution in [0.4, 0.5) is 4.79 Å². The number of aromatic nitrogens is 1. The third kappa shape index (κ3) is 3.11. The van der Waals surface area contributed by atoms with Gasteiger partial charge in [-0.25, -0.2) is 4.79 Å². The first-order chi connectivity index (χ1) is 13.5. The van der Waals surface area contributed by atoms with Gasteiger partial charge in [-0.1, -0.05) is 18.2 Å². The lowest BCUT2D eigenvalue weighted by Crippen LogP contribution is -2.48. The molecule has 1 aromatic carbocycles. The second-order valence-electron chi connectivity index (χ2n) is 7.12. The van der Waals surface area contributed by atoms with E-state index in [1.165, 1.54) is 0 Å². The molecular weight excluding hydrogens is 358 g/mol. The molecule has 4 rings (SSSR count). The van der Waals surface area contributed by atoms with E-state index in [4.69, 9.17) is 0 Å². The monoisotopic (exact) mass is 379 g/mol. The number of imide groups is 1. The lowest BCUT2D eigenvalue weighted by atomic mass is 9.91. The van der Waals surface area contributed by atoms with Crippen LogP contribution in [0.2, 0.25) is 0 Å². The van der Waals surface area contributed by atoms with Crippen molar-refractivity contribution in [3.8, 4) is 0 Å². The maximum Gasteiger partial charge on any atom is 0.322 e. The maximum atomic E-state index is 13.1. The Hall–Kier alpha value is -3.26. The fraction of sp³-hybridized carbons (Fsp3) is 0.300. The number of pyridine rings is 1. The Morgan fingerprint density at radius 2 is 2.00 bits per heavy atom. The van der Waals surface area contributed by atoms with Crippen LogP contribution in [0, 0.1) is 0 Å². The van der Waals surface area contributed by atoms with Crippen LogP contribution < -0.4 is 16.0 Å². The lowest BCUT2D eigenvalue weighted by Gasteiger charge is -2.36. The van der Waals surface area contributed by atoms with Gasteiger partial charge in [-0.2, -0.15) is 0 Å². The van der Waals surface area contributed by atoms with Gasteiger partial charge in [-0.15, -0.1) is 0 Å². The van der Waals surface area contributed by atoms with Crippen molar-refractivity contribution in [3.63, 3.8) is 0 Å². The molecule has 2 aromatic rings. The average molecular weight is 379 g/mol. The molecule has 2 aliphatic rings. The van der Waals surface area contributed by atoms with Gasteiger partial charge in [0.15, 0.2) is 0 Å². The van der Waals surface area contributed by atoms with Gasteiger partial charge >= 0.3 is 6.03 Å². The zero-order valence-corrected chi connectivity index (χ0v) is 15.4. The van der Waals surface area contributed by atoms with Crippen molar-refractivity contribution in [3.05, 3.63) is 65.5 Å². The Morgan fingerprint density at radius 1 is 1.21 bits per heavy atom. The number of piperazine rings is 1. The smallest absolute Gasteiger partial charge is 0.322 e. The van der Waals surface area contributed by atoms with Gasteiger partial charge in [0, 0.05) is 37.6 Å². The van der Waals surface area contributed by atoms with Gasteiger partial charge in [0.25, 0.3) is 11.8 Å². The number of nitrogens with one attached hydrogen (secondary N) is 3. The second-order valence-corrected chi connectivity index (χ2v) is 7.12. The van der Waals surface area contributed by atoms with Crippen molar-refractivity contribution in [2.75, 3.05) is 19.6 Å². The summed E-state index contributed by atoms with van der Waals surface area (Å²) < 4.78 is 0. The minimum absolute atomic E-state index is 0.0769. The zero-order valence-electron chi connectivity index (χ0n) is 15.4. The number of rotatable bonds is 3. The van der Waals surface area contributed by atoms with Gasteiger partial charge in [0.2, 0.25) is 0 Å². The van der Waals surface area contributed by atoms with E-state index in [0.29, 0.717) is 24.2 Å². The number of hydrogen-bond donors (Lipinski definition) is 3. The molecule has 0 spiro atoms. The molecule has 2 aliphatic heterocycles. The Bertz CT molecular complexity index is 915. The Kier molecular flexibility index (Phi) is 4.56. The highest BCUT2D eigenvalue weighted by Crippen LogP contribution is 2.27. The molecule has 144 valence electrons. The minimum Gasteiger partial charge on any atom is -0.329 e. The molecule has 8 nitrogen and oxygen atoms in total. The van der Waals surface area contributed by atoms with E-state index in [9.17, 15) is 14.4 Å². The molecule has 8 heteroatoms. The summed E-state index contributed by atoms with van der Waals surface area (Å²) in [4.78, 5) is 42.7. The molecule has 2 unspecified atom stereocenters. The van der Waals surface area contributed by atoms with Gasteiger partial charge in [-0.3, -0.25) is 19.9 Å². The van der Waals surface area contributed by atoms with E-state index >= 15 is 0 Å². The molecule has 0 radical (unpaired) electrons. The molecule has 3 N–H and O–H groups in total. The van der Waals surface area contributed by atoms with Crippen LogP contribution in [0.3, 0.4) is 0 Å². The number of hydrogen-bond acceptors (Lipinski definition) is 5. The maximum absolute atomic E-state index is 13.1. The highest BCUT2D eigenvalue weighted by Gasteiger charge is 2.43. The van der Waals surface area contributed by atoms with Gasteiger partial charge < -0.3 is 15.5 Å². The summed E-state index contributed by atoms with van der Waals surface area (Å²) >= 11 is 0. The number of benzene rings is 1. The van der Waals surface area contributed by atoms with Crippen molar-refractivity contribution in [2.24, 2.45) is 0 Å². The summed E-state index contributed by atoms with van der Waals surface area (Å²) in [6.45, 7) is 3.62. The predicted molar refractivity (Wildman–Crippen MR) is 101 cm³/mol. The van der Waals surface area contributed by atoms with Crippen LogP contribution in [0.15, 0.2) is 48.8 Å². The second kappa shape index (κ2) is 7.05. The summed E-state index contributed by atoms with van der Waals surface area (Å²) in [5.74, 6) is -0.484. The summed E-state index contributed by atoms with van der Waals surface area (Å²) in [7, 11) is 0. The molecule has 2 fully saturated rings. The van der Waals surface area contributed by atoms with Gasteiger partial charge in [-0.05, 0) is 36.2 Å². The van der Waals surface area contributed by atoms with Crippen LogP contribution in [-0.2, 0) is 10.3 Å². The Balaban J connectivity index is 1.58. The fourth-order valence-corrected chi connectivity index (χ4v) is 3.68. The van der Waals surface area contributed by atoms with Crippen LogP contribution in [0.1, 0.15) is 34.5 Å². The third-order valence-corrected chi connectivity index (χ3v) is 5.33. The van der Waals surface area contributed by atoms with Crippen molar-refractivity contribution in [1.29, 1.82) is 0 Å². The van der Waals surface area contributed by atoms with Crippen LogP contribution >= 0.6 is 0 Å². The normalized spacial score (nSPS) is 24.6. The summed E-state index contributed by atoms with van der Waals surface area (Å²) in [5.41, 5.74) is 1.01. The van der Waals surface area contributed by atoms with Crippen molar-refractivity contribution in [1.82, 2.24) is 25.8 Å². The zero-order chi connectivity index (χ0) is 19.7. The van der Waals surface area contributed by atoms with Gasteiger partial charge in [0.05, 0.1) is 6.04 Å². The Morgan fingerprint density at radius 3 is 2.64 bits per heavy atom. The number of carbonyl (C=O) groups is 3. The standard InChI is InChI=1S/C20H21N5O3/c1-20(18(27)23-19(28)24-20)15-6-4-13(5-7-15)17(26)25-10-9-22-12-16(25)14-3-2-8-21-11-14/h2-8,11,16,22H,9-10,12H2,1H3,(H2,23,24,27,28). The number of amides is 4. The first kappa shape index (κ1) is 18.1. The summed E-state index contributed by atoms with van der Waals surface area (Å²) in [5, 5.41) is 8.19. The minimum atomic E-state index is -1.13. The first-order valence-electron chi connectivity index (χ1n) is 9.15. The number of carbonyl (C=O) groups excluding carboxylic acids is 3. The molecular formula is C20H21N5O3. The quantitative estimate of drug-likeness (QED) is 0.688. The van der Waals surface area contributed by atoms with E-state index in [2.05, 4.69) is 20.9 Å². The van der Waals surface area contributed by atoms with Crippen LogP contribution in [-0.4, -0.2) is 47.4 Å². The molecule has 2 atom stereocenters. The van der Waals surface area contributed by atoms with Crippen molar-refractivity contribution >= 4 is 17.8 Å². The molecule has 4 amide bonds. The average Bonchev–Trinajstić information content (AvgIpc) is 3.00. The van der Waals surface area contributed by atoms with E-state index in [0.717, 1.165) is 12.1 Å². The Labute approximate surface area is 162 Å². The van der Waals surface area contributed by atoms with E-state index in [1.54, 1.807) is 43.6 Å². The lowest BCUT2D eigenvalue weighted by molar-refractivity contribution is -0.123. The van der Waals surface area contributed by atoms with E-state index < -0.39 is 17.5 Å². The van der Waals surface area contributed by atoms with E-state index in [1.807, 2.05) is 17.0 Å². The molecule has 1 aromatic heterocycles. The number of nitrogens with zero attached hydrogens (tertiary/aromatic N) is 2. The topological polar surface area (TPSA) is 103 Å². The molecule has 0 saturated carbocycles. The summed E-state index contributed by atoms with van der Waals surface area (Å²) in [6, 6.07) is 10.0. The van der Waals surface area contributed by atoms with Crippen molar-refractivity contribution in [2.45, 2.75) is 18.5 Å². The molecule has 2 saturated heterocycles. The van der Waals surface area contributed by atoms with Crippen molar-refractivity contribution < 1.29 is 14.4 Å². The fourth-order valence-electron chi connectivity index (χ4n) is 3.68. The molecule has 28 heavy (non-hydrogen) atoms. The molecule has 3 heterocycles. The van der Waals surface area contributed by atoms with Crippen LogP contribution in [0.5, 0.6) is 0 Å². The highest BCUT2D eigenvalue weighted by atomic mass is 16.2. The molecule has 0 bridgehead atoms. The predicted octanol–water partition coefficient (Wildman–Crippen LogP) is 0.923. The highest BCUT2D eigenvalue weighted by molar-refractivity contribution is 6.07. The SMILES string of the molecule is CC1(c2ccc(C(=O)N3CCNCC3c3cccnc3)cc2)NC(=O)NC1=O. The molecule has 0 aliphatic carbocycles. The van der Waals surface area contributed by atoms with Gasteiger partial charge in [0.1, 0.15) is 5.54 Å². The van der Waals surface area contributed by atoms with Crippen LogP contribution in [0.25, 0.3) is 0 Å². The third-order valence-electron chi connectivity index (χ3n) is 5.33. The summed E-state index contributed by atoms with van der Waals surface area (Å²) in [6.07, 6.45) is 3.49. The van der Waals surface area contributed by atoms with E-state index in [-0.39, 0.29) is 11.9 Å². The number of urea groups is 1. The first-order valence-corrected chi connectivity index (χ1v) is 9.15.